The molecule has 138 valence electrons. The lowest BCUT2D eigenvalue weighted by molar-refractivity contribution is -0.146. The normalized spacial score (nSPS) is 20.5. The van der Waals surface area contributed by atoms with E-state index in [1.54, 1.807) is 19.2 Å². The van der Waals surface area contributed by atoms with Gasteiger partial charge in [0.15, 0.2) is 6.04 Å². The van der Waals surface area contributed by atoms with Crippen LogP contribution < -0.4 is 5.32 Å². The number of rotatable bonds is 4. The first-order valence-corrected chi connectivity index (χ1v) is 9.75. The molecule has 2 atom stereocenters. The van der Waals surface area contributed by atoms with Crippen LogP contribution in [0.1, 0.15) is 25.8 Å². The molecule has 2 aromatic rings. The first-order chi connectivity index (χ1) is 12.5. The van der Waals surface area contributed by atoms with Crippen LogP contribution in [0, 0.1) is 5.82 Å². The maximum Gasteiger partial charge on any atom is 0.337 e. The van der Waals surface area contributed by atoms with E-state index in [0.29, 0.717) is 15.4 Å². The largest absolute Gasteiger partial charge is 0.464 e. The zero-order valence-electron chi connectivity index (χ0n) is 14.1. The number of hydrogen-bond acceptors (Lipinski definition) is 6. The van der Waals surface area contributed by atoms with Crippen molar-refractivity contribution in [3.63, 3.8) is 0 Å². The first kappa shape index (κ1) is 17.7. The van der Waals surface area contributed by atoms with E-state index in [-0.39, 0.29) is 12.1 Å². The highest BCUT2D eigenvalue weighted by Gasteiger charge is 2.40. The van der Waals surface area contributed by atoms with Gasteiger partial charge in [0.25, 0.3) is 0 Å². The number of nitrogens with one attached hydrogen (secondary N) is 1. The lowest BCUT2D eigenvalue weighted by atomic mass is 10.1. The van der Waals surface area contributed by atoms with Crippen molar-refractivity contribution < 1.29 is 13.9 Å². The van der Waals surface area contributed by atoms with Gasteiger partial charge >= 0.3 is 5.97 Å². The predicted octanol–water partition coefficient (Wildman–Crippen LogP) is 3.17. The molecule has 1 N–H and O–H groups in total. The maximum atomic E-state index is 14.3. The second-order valence-electron chi connectivity index (χ2n) is 6.26. The molecule has 26 heavy (non-hydrogen) atoms. The molecule has 1 aromatic carbocycles. The maximum absolute atomic E-state index is 14.3. The molecule has 0 amide bonds. The molecular formula is C17H18BrFN4O2S. The van der Waals surface area contributed by atoms with Crippen LogP contribution in [0.15, 0.2) is 34.2 Å². The van der Waals surface area contributed by atoms with Crippen LogP contribution >= 0.6 is 28.6 Å². The van der Waals surface area contributed by atoms with Crippen molar-refractivity contribution in [2.75, 3.05) is 13.2 Å². The van der Waals surface area contributed by atoms with Gasteiger partial charge in [-0.2, -0.15) is 5.10 Å². The number of allylic oxidation sites excluding steroid dienone is 1. The number of esters is 1. The molecule has 0 bridgehead atoms. The second kappa shape index (κ2) is 6.77. The predicted molar refractivity (Wildman–Crippen MR) is 102 cm³/mol. The Labute approximate surface area is 163 Å². The molecule has 0 radical (unpaired) electrons. The van der Waals surface area contributed by atoms with E-state index >= 15 is 0 Å². The molecule has 1 aromatic heterocycles. The number of benzene rings is 1. The molecule has 0 spiro atoms. The van der Waals surface area contributed by atoms with Crippen molar-refractivity contribution in [3.05, 3.63) is 40.0 Å². The van der Waals surface area contributed by atoms with E-state index < -0.39 is 17.8 Å². The zero-order chi connectivity index (χ0) is 18.4. The van der Waals surface area contributed by atoms with E-state index in [4.69, 9.17) is 4.74 Å². The summed E-state index contributed by atoms with van der Waals surface area (Å²) in [7, 11) is 0. The number of ether oxygens (including phenoxy) is 1. The Hall–Kier alpha value is -1.74. The molecule has 6 nitrogen and oxygen atoms in total. The quantitative estimate of drug-likeness (QED) is 0.564. The molecule has 4 rings (SSSR count). The van der Waals surface area contributed by atoms with E-state index in [2.05, 4.69) is 43.9 Å². The molecular weight excluding hydrogens is 423 g/mol. The Morgan fingerprint density at radius 2 is 2.38 bits per heavy atom. The molecule has 0 saturated carbocycles. The lowest BCUT2D eigenvalue weighted by Gasteiger charge is -2.20. The number of nitrogens with zero attached hydrogens (tertiary/aromatic N) is 3. The highest BCUT2D eigenvalue weighted by atomic mass is 79.9. The number of hydrogen-bond donors (Lipinski definition) is 2. The third-order valence-electron chi connectivity index (χ3n) is 4.65. The summed E-state index contributed by atoms with van der Waals surface area (Å²) >= 11 is 7.83. The summed E-state index contributed by atoms with van der Waals surface area (Å²) in [6.07, 6.45) is 3.42. The number of halogens is 2. The first-order valence-electron chi connectivity index (χ1n) is 8.44. The topological polar surface area (TPSA) is 59.4 Å². The lowest BCUT2D eigenvalue weighted by Crippen LogP contribution is -2.34. The monoisotopic (exact) mass is 440 g/mol. The van der Waals surface area contributed by atoms with Crippen LogP contribution in [0.5, 0.6) is 0 Å². The Morgan fingerprint density at radius 3 is 3.15 bits per heavy atom. The third-order valence-corrected chi connectivity index (χ3v) is 5.52. The Balaban J connectivity index is 1.83. The fourth-order valence-corrected chi connectivity index (χ4v) is 4.38. The van der Waals surface area contributed by atoms with Gasteiger partial charge in [-0.15, -0.1) is 12.6 Å². The number of aromatic nitrogens is 2. The Kier molecular flexibility index (Phi) is 4.60. The van der Waals surface area contributed by atoms with Crippen LogP contribution in [0.3, 0.4) is 0 Å². The van der Waals surface area contributed by atoms with Gasteiger partial charge in [0.1, 0.15) is 11.3 Å². The summed E-state index contributed by atoms with van der Waals surface area (Å²) in [5.74, 6) is -0.820. The van der Waals surface area contributed by atoms with Crippen LogP contribution in [-0.4, -0.2) is 39.3 Å². The minimum absolute atomic E-state index is 0.185. The number of carbonyl (C=O) groups is 1. The van der Waals surface area contributed by atoms with E-state index in [0.717, 1.165) is 30.8 Å². The van der Waals surface area contributed by atoms with E-state index in [1.807, 2.05) is 0 Å². The van der Waals surface area contributed by atoms with Gasteiger partial charge in [-0.3, -0.25) is 4.68 Å². The third kappa shape index (κ3) is 2.87. The van der Waals surface area contributed by atoms with Crippen molar-refractivity contribution in [2.45, 2.75) is 31.3 Å². The fourth-order valence-electron chi connectivity index (χ4n) is 3.57. The van der Waals surface area contributed by atoms with Crippen molar-refractivity contribution in [1.82, 2.24) is 20.0 Å². The van der Waals surface area contributed by atoms with Gasteiger partial charge in [-0.1, -0.05) is 15.9 Å². The number of carbonyl (C=O) groups excluding carboxylic acids is 1. The van der Waals surface area contributed by atoms with Crippen LogP contribution in [0.4, 0.5) is 4.39 Å². The van der Waals surface area contributed by atoms with Gasteiger partial charge in [-0.05, 0) is 31.9 Å². The summed E-state index contributed by atoms with van der Waals surface area (Å²) in [5.41, 5.74) is 2.06. The Bertz CT molecular complexity index is 916. The molecule has 0 aliphatic carbocycles. The smallest absolute Gasteiger partial charge is 0.337 e. The minimum Gasteiger partial charge on any atom is -0.464 e. The van der Waals surface area contributed by atoms with Crippen molar-refractivity contribution in [3.8, 4) is 0 Å². The standard InChI is InChI=1S/C17H18BrFN4O2S/c1-2-25-16(24)15(14-13-4-3-5-22(13)17(26)20-14)23-8-10-11(19)6-9(18)7-12(10)21-23/h6-8,15,17,20,26H,2-5H2,1H3. The molecule has 2 unspecified atom stereocenters. The highest BCUT2D eigenvalue weighted by molar-refractivity contribution is 9.10. The summed E-state index contributed by atoms with van der Waals surface area (Å²) in [4.78, 5) is 14.9. The van der Waals surface area contributed by atoms with Crippen molar-refractivity contribution in [2.24, 2.45) is 0 Å². The van der Waals surface area contributed by atoms with E-state index in [1.165, 1.54) is 10.7 Å². The summed E-state index contributed by atoms with van der Waals surface area (Å²) < 4.78 is 21.6. The van der Waals surface area contributed by atoms with Crippen molar-refractivity contribution in [1.29, 1.82) is 0 Å². The molecule has 1 fully saturated rings. The summed E-state index contributed by atoms with van der Waals surface area (Å²) in [6.45, 7) is 2.90. The molecule has 1 saturated heterocycles. The molecule has 2 aliphatic rings. The highest BCUT2D eigenvalue weighted by Crippen LogP contribution is 2.37. The molecule has 2 aliphatic heterocycles. The SMILES string of the molecule is CCOC(=O)C(C1=C2CCCN2C(S)N1)n1cc2c(F)cc(Br)cc2n1. The Morgan fingerprint density at radius 1 is 1.58 bits per heavy atom. The fraction of sp³-hybridized carbons (Fsp3) is 0.412. The number of fused-ring (bicyclic) bond motifs is 2. The van der Waals surface area contributed by atoms with Crippen LogP contribution in [0.2, 0.25) is 0 Å². The van der Waals surface area contributed by atoms with Gasteiger partial charge in [0.05, 0.1) is 23.2 Å². The minimum atomic E-state index is -0.798. The second-order valence-corrected chi connectivity index (χ2v) is 7.66. The van der Waals surface area contributed by atoms with Gasteiger partial charge in [0, 0.05) is 22.9 Å². The van der Waals surface area contributed by atoms with E-state index in [9.17, 15) is 9.18 Å². The molecule has 9 heteroatoms. The van der Waals surface area contributed by atoms with Gasteiger partial charge < -0.3 is 15.0 Å². The average Bonchev–Trinajstić information content (AvgIpc) is 3.26. The van der Waals surface area contributed by atoms with Crippen molar-refractivity contribution >= 4 is 45.4 Å². The zero-order valence-corrected chi connectivity index (χ0v) is 16.6. The average molecular weight is 441 g/mol. The summed E-state index contributed by atoms with van der Waals surface area (Å²) in [5, 5.41) is 8.08. The molecule has 3 heterocycles. The van der Waals surface area contributed by atoms with Gasteiger partial charge in [0.2, 0.25) is 0 Å². The number of thiol groups is 1. The van der Waals surface area contributed by atoms with Gasteiger partial charge in [-0.25, -0.2) is 9.18 Å². The van der Waals surface area contributed by atoms with Crippen LogP contribution in [-0.2, 0) is 9.53 Å². The summed E-state index contributed by atoms with van der Waals surface area (Å²) in [6, 6.07) is 2.31. The van der Waals surface area contributed by atoms with Crippen LogP contribution in [0.25, 0.3) is 10.9 Å².